The summed E-state index contributed by atoms with van der Waals surface area (Å²) in [5, 5.41) is 0. The van der Waals surface area contributed by atoms with Crippen molar-refractivity contribution in [1.29, 1.82) is 0 Å². The lowest BCUT2D eigenvalue weighted by Gasteiger charge is -2.31. The van der Waals surface area contributed by atoms with Crippen LogP contribution >= 0.6 is 0 Å². The van der Waals surface area contributed by atoms with Crippen LogP contribution in [0.25, 0.3) is 0 Å². The molecule has 2 aliphatic heterocycles. The maximum Gasteiger partial charge on any atom is 0.404 e. The summed E-state index contributed by atoms with van der Waals surface area (Å²) in [6.07, 6.45) is 13.1. The number of rotatable bonds is 8. The SMILES string of the molecule is NC(=O)OC1CCC(CN2CCC3(CCN(c4ncncc4Oc4ccc(F)cc4OC4CCCC4)C3)C2)CC1. The average Bonchev–Trinajstić information content (AvgIpc) is 3.69. The Balaban J connectivity index is 1.08. The molecule has 4 aliphatic rings. The Morgan fingerprint density at radius 3 is 2.60 bits per heavy atom. The van der Waals surface area contributed by atoms with E-state index in [-0.39, 0.29) is 23.4 Å². The van der Waals surface area contributed by atoms with Crippen molar-refractivity contribution in [3.63, 3.8) is 0 Å². The molecule has 6 rings (SSSR count). The number of likely N-dealkylation sites (tertiary alicyclic amines) is 1. The number of hydrogen-bond acceptors (Lipinski definition) is 8. The van der Waals surface area contributed by atoms with E-state index in [4.69, 9.17) is 19.9 Å². The first-order valence-corrected chi connectivity index (χ1v) is 14.8. The largest absolute Gasteiger partial charge is 0.486 e. The second-order valence-corrected chi connectivity index (χ2v) is 12.2. The van der Waals surface area contributed by atoms with E-state index in [9.17, 15) is 9.18 Å². The van der Waals surface area contributed by atoms with Gasteiger partial charge in [0.1, 0.15) is 18.2 Å². The lowest BCUT2D eigenvalue weighted by Crippen LogP contribution is -2.35. The molecular formula is C30H40FN5O4. The number of ether oxygens (including phenoxy) is 3. The maximum atomic E-state index is 14.1. The number of carbonyl (C=O) groups is 1. The van der Waals surface area contributed by atoms with E-state index >= 15 is 0 Å². The standard InChI is InChI=1S/C30H40FN5O4/c31-22-7-10-25(26(15-22)38-23-3-1-2-4-23)40-27-16-33-20-34-28(27)36-14-12-30(19-36)11-13-35(18-30)17-21-5-8-24(9-6-21)39-29(32)37/h7,10,15-16,20-21,23-24H,1-6,8-9,11-14,17-19H2,(H2,32,37). The van der Waals surface area contributed by atoms with Gasteiger partial charge in [0.15, 0.2) is 23.1 Å². The molecule has 2 N–H and O–H groups in total. The first-order chi connectivity index (χ1) is 19.4. The molecule has 1 aromatic heterocycles. The fraction of sp³-hybridized carbons (Fsp3) is 0.633. The molecule has 4 fully saturated rings. The minimum absolute atomic E-state index is 0.0217. The van der Waals surface area contributed by atoms with Gasteiger partial charge in [0.25, 0.3) is 0 Å². The van der Waals surface area contributed by atoms with Crippen LogP contribution in [0.15, 0.2) is 30.7 Å². The number of anilines is 1. The molecule has 1 spiro atoms. The molecule has 2 aliphatic carbocycles. The van der Waals surface area contributed by atoms with Gasteiger partial charge in [-0.3, -0.25) is 0 Å². The summed E-state index contributed by atoms with van der Waals surface area (Å²) in [4.78, 5) is 24.8. The molecule has 2 saturated heterocycles. The van der Waals surface area contributed by atoms with E-state index in [1.165, 1.54) is 18.6 Å². The first-order valence-electron chi connectivity index (χ1n) is 14.8. The zero-order chi connectivity index (χ0) is 27.5. The average molecular weight is 554 g/mol. The van der Waals surface area contributed by atoms with Gasteiger partial charge in [-0.1, -0.05) is 0 Å². The Morgan fingerprint density at radius 2 is 1.80 bits per heavy atom. The number of carbonyl (C=O) groups excluding carboxylic acids is 1. The van der Waals surface area contributed by atoms with Gasteiger partial charge in [0, 0.05) is 37.7 Å². The van der Waals surface area contributed by atoms with Crippen LogP contribution in [0.5, 0.6) is 17.2 Å². The molecule has 1 aromatic carbocycles. The van der Waals surface area contributed by atoms with Crippen molar-refractivity contribution in [3.8, 4) is 17.2 Å². The molecule has 1 atom stereocenters. The van der Waals surface area contributed by atoms with E-state index in [1.54, 1.807) is 18.6 Å². The van der Waals surface area contributed by atoms with Crippen LogP contribution in [0.1, 0.15) is 64.2 Å². The summed E-state index contributed by atoms with van der Waals surface area (Å²) in [5.74, 6) is 2.55. The highest BCUT2D eigenvalue weighted by Crippen LogP contribution is 2.44. The van der Waals surface area contributed by atoms with Gasteiger partial charge >= 0.3 is 6.09 Å². The smallest absolute Gasteiger partial charge is 0.404 e. The normalized spacial score (nSPS) is 27.4. The Labute approximate surface area is 235 Å². The van der Waals surface area contributed by atoms with Crippen LogP contribution in [-0.4, -0.2) is 65.9 Å². The molecule has 0 radical (unpaired) electrons. The third-order valence-electron chi connectivity index (χ3n) is 9.23. The number of nitrogens with two attached hydrogens (primary N) is 1. The Kier molecular flexibility index (Phi) is 7.96. The highest BCUT2D eigenvalue weighted by Gasteiger charge is 2.44. The predicted molar refractivity (Wildman–Crippen MR) is 148 cm³/mol. The van der Waals surface area contributed by atoms with Crippen molar-refractivity contribution < 1.29 is 23.4 Å². The number of halogens is 1. The third-order valence-corrected chi connectivity index (χ3v) is 9.23. The van der Waals surface area contributed by atoms with Crippen molar-refractivity contribution in [2.75, 3.05) is 37.6 Å². The minimum Gasteiger partial charge on any atom is -0.486 e. The summed E-state index contributed by atoms with van der Waals surface area (Å²) in [6, 6.07) is 4.44. The van der Waals surface area contributed by atoms with Gasteiger partial charge in [-0.15, -0.1) is 0 Å². The molecule has 2 saturated carbocycles. The molecule has 1 amide bonds. The molecule has 9 nitrogen and oxygen atoms in total. The van der Waals surface area contributed by atoms with Gasteiger partial charge in [-0.2, -0.15) is 0 Å². The van der Waals surface area contributed by atoms with Gasteiger partial charge in [0.2, 0.25) is 0 Å². The van der Waals surface area contributed by atoms with Crippen LogP contribution in [-0.2, 0) is 4.74 Å². The molecule has 10 heteroatoms. The maximum absolute atomic E-state index is 14.1. The van der Waals surface area contributed by atoms with Crippen molar-refractivity contribution in [1.82, 2.24) is 14.9 Å². The summed E-state index contributed by atoms with van der Waals surface area (Å²) in [7, 11) is 0. The van der Waals surface area contributed by atoms with Gasteiger partial charge in [-0.05, 0) is 88.8 Å². The molecule has 1 unspecified atom stereocenters. The number of amides is 1. The highest BCUT2D eigenvalue weighted by atomic mass is 19.1. The molecule has 3 heterocycles. The lowest BCUT2D eigenvalue weighted by atomic mass is 9.86. The van der Waals surface area contributed by atoms with Gasteiger partial charge in [-0.25, -0.2) is 19.2 Å². The molecule has 40 heavy (non-hydrogen) atoms. The molecule has 2 aromatic rings. The van der Waals surface area contributed by atoms with Gasteiger partial charge < -0.3 is 29.7 Å². The topological polar surface area (TPSA) is 103 Å². The predicted octanol–water partition coefficient (Wildman–Crippen LogP) is 5.29. The number of aromatic nitrogens is 2. The third kappa shape index (κ3) is 6.27. The van der Waals surface area contributed by atoms with Crippen LogP contribution in [0.4, 0.5) is 15.0 Å². The van der Waals surface area contributed by atoms with E-state index in [0.717, 1.165) is 96.3 Å². The quantitative estimate of drug-likeness (QED) is 0.471. The zero-order valence-corrected chi connectivity index (χ0v) is 23.1. The van der Waals surface area contributed by atoms with Crippen LogP contribution in [0, 0.1) is 17.2 Å². The van der Waals surface area contributed by atoms with Gasteiger partial charge in [0.05, 0.1) is 12.3 Å². The van der Waals surface area contributed by atoms with Crippen molar-refractivity contribution in [2.24, 2.45) is 17.1 Å². The summed E-state index contributed by atoms with van der Waals surface area (Å²) in [5.41, 5.74) is 5.43. The van der Waals surface area contributed by atoms with E-state index in [2.05, 4.69) is 19.8 Å². The van der Waals surface area contributed by atoms with Crippen LogP contribution in [0.3, 0.4) is 0 Å². The first kappa shape index (κ1) is 27.1. The van der Waals surface area contributed by atoms with Crippen molar-refractivity contribution in [3.05, 3.63) is 36.5 Å². The Morgan fingerprint density at radius 1 is 1.00 bits per heavy atom. The Bertz CT molecular complexity index is 1190. The summed E-state index contributed by atoms with van der Waals surface area (Å²) in [6.45, 7) is 5.12. The zero-order valence-electron chi connectivity index (χ0n) is 23.1. The Hall–Kier alpha value is -3.14. The molecule has 216 valence electrons. The fourth-order valence-corrected chi connectivity index (χ4v) is 7.18. The number of nitrogens with zero attached hydrogens (tertiary/aromatic N) is 4. The highest BCUT2D eigenvalue weighted by molar-refractivity contribution is 5.64. The second-order valence-electron chi connectivity index (χ2n) is 12.2. The molecule has 0 bridgehead atoms. The minimum atomic E-state index is -0.663. The summed E-state index contributed by atoms with van der Waals surface area (Å²) < 4.78 is 31.8. The van der Waals surface area contributed by atoms with E-state index in [1.807, 2.05) is 0 Å². The fourth-order valence-electron chi connectivity index (χ4n) is 7.18. The monoisotopic (exact) mass is 553 g/mol. The number of benzene rings is 1. The van der Waals surface area contributed by atoms with Crippen LogP contribution < -0.4 is 20.1 Å². The van der Waals surface area contributed by atoms with E-state index in [0.29, 0.717) is 23.2 Å². The van der Waals surface area contributed by atoms with Crippen molar-refractivity contribution in [2.45, 2.75) is 76.4 Å². The number of hydrogen-bond donors (Lipinski definition) is 1. The van der Waals surface area contributed by atoms with Crippen LogP contribution in [0.2, 0.25) is 0 Å². The number of primary amides is 1. The molecular weight excluding hydrogens is 513 g/mol. The second kappa shape index (κ2) is 11.8. The van der Waals surface area contributed by atoms with Crippen molar-refractivity contribution >= 4 is 11.9 Å². The lowest BCUT2D eigenvalue weighted by molar-refractivity contribution is 0.0649. The summed E-state index contributed by atoms with van der Waals surface area (Å²) >= 11 is 0. The van der Waals surface area contributed by atoms with E-state index < -0.39 is 6.09 Å².